The summed E-state index contributed by atoms with van der Waals surface area (Å²) in [4.78, 5) is 25.7. The smallest absolute Gasteiger partial charge is 0.465 e. The van der Waals surface area contributed by atoms with Gasteiger partial charge in [0, 0.05) is 10.7 Å². The van der Waals surface area contributed by atoms with Crippen LogP contribution in [0.15, 0.2) is 52.3 Å². The zero-order valence-electron chi connectivity index (χ0n) is 16.2. The van der Waals surface area contributed by atoms with Gasteiger partial charge in [0.25, 0.3) is 0 Å². The molecule has 2 rings (SSSR count). The minimum atomic E-state index is -6.03. The zero-order chi connectivity index (χ0) is 23.6. The van der Waals surface area contributed by atoms with E-state index in [1.165, 1.54) is 37.4 Å². The molecule has 1 heterocycles. The molecule has 1 aliphatic heterocycles. The van der Waals surface area contributed by atoms with Crippen LogP contribution in [0, 0.1) is 6.92 Å². The van der Waals surface area contributed by atoms with E-state index in [4.69, 9.17) is 4.74 Å². The lowest BCUT2D eigenvalue weighted by Crippen LogP contribution is -2.30. The monoisotopic (exact) mass is 525 g/mol. The van der Waals surface area contributed by atoms with Crippen molar-refractivity contribution in [3.05, 3.63) is 57.9 Å². The fraction of sp³-hybridized carbons (Fsp3) is 0.222. The normalized spacial score (nSPS) is 14.4. The number of rotatable bonds is 5. The molecule has 0 spiro atoms. The van der Waals surface area contributed by atoms with Crippen LogP contribution in [0.4, 0.5) is 18.9 Å². The summed E-state index contributed by atoms with van der Waals surface area (Å²) < 4.78 is 76.0. The first-order valence-electron chi connectivity index (χ1n) is 8.20. The number of carbonyl (C=O) groups excluding carboxylic acids is 2. The van der Waals surface area contributed by atoms with E-state index in [9.17, 15) is 31.2 Å². The number of nitrogens with zero attached hydrogens (tertiary/aromatic N) is 1. The largest absolute Gasteiger partial charge is 0.534 e. The number of carbonyl (C=O) groups is 2. The second-order valence-electron chi connectivity index (χ2n) is 5.87. The summed E-state index contributed by atoms with van der Waals surface area (Å²) in [6.07, 6.45) is 5.16. The van der Waals surface area contributed by atoms with Gasteiger partial charge in [0.15, 0.2) is 5.75 Å². The van der Waals surface area contributed by atoms with Crippen LogP contribution in [0.5, 0.6) is 5.75 Å². The van der Waals surface area contributed by atoms with E-state index in [0.29, 0.717) is 10.0 Å². The first-order valence-corrected chi connectivity index (χ1v) is 10.4. The number of hydrogen-bond donors (Lipinski definition) is 0. The molecule has 168 valence electrons. The second kappa shape index (κ2) is 9.14. The van der Waals surface area contributed by atoms with Crippen molar-refractivity contribution in [1.82, 2.24) is 0 Å². The van der Waals surface area contributed by atoms with Gasteiger partial charge in [0.05, 0.1) is 25.5 Å². The lowest BCUT2D eigenvalue weighted by Gasteiger charge is -2.25. The number of halogens is 4. The van der Waals surface area contributed by atoms with Gasteiger partial charge in [-0.3, -0.25) is 0 Å². The fourth-order valence-corrected chi connectivity index (χ4v) is 3.21. The van der Waals surface area contributed by atoms with Gasteiger partial charge >= 0.3 is 27.6 Å². The maximum absolute atomic E-state index is 12.9. The molecule has 0 fully saturated rings. The van der Waals surface area contributed by atoms with Crippen molar-refractivity contribution < 1.29 is 44.8 Å². The Hall–Kier alpha value is -2.80. The third-order valence-corrected chi connectivity index (χ3v) is 5.69. The van der Waals surface area contributed by atoms with E-state index in [1.54, 1.807) is 0 Å². The van der Waals surface area contributed by atoms with Crippen molar-refractivity contribution in [2.24, 2.45) is 0 Å². The molecule has 0 aromatic heterocycles. The summed E-state index contributed by atoms with van der Waals surface area (Å²) >= 11 is 3.20. The average molecular weight is 526 g/mol. The molecule has 0 aliphatic carbocycles. The van der Waals surface area contributed by atoms with Gasteiger partial charge in [-0.1, -0.05) is 22.0 Å². The lowest BCUT2D eigenvalue weighted by molar-refractivity contribution is -0.139. The van der Waals surface area contributed by atoms with Gasteiger partial charge in [0.2, 0.25) is 0 Å². The molecule has 31 heavy (non-hydrogen) atoms. The molecule has 0 bridgehead atoms. The van der Waals surface area contributed by atoms with E-state index in [1.807, 2.05) is 0 Å². The highest BCUT2D eigenvalue weighted by molar-refractivity contribution is 9.10. The van der Waals surface area contributed by atoms with Gasteiger partial charge in [-0.25, -0.2) is 9.59 Å². The molecule has 0 N–H and O–H groups in total. The predicted octanol–water partition coefficient (Wildman–Crippen LogP) is 3.48. The predicted molar refractivity (Wildman–Crippen MR) is 106 cm³/mol. The molecule has 0 amide bonds. The number of methoxy groups -OCH3 is 2. The Morgan fingerprint density at radius 1 is 1.06 bits per heavy atom. The fourth-order valence-electron chi connectivity index (χ4n) is 2.42. The topological polar surface area (TPSA) is 99.2 Å². The number of benzene rings is 1. The van der Waals surface area contributed by atoms with Gasteiger partial charge in [-0.05, 0) is 36.8 Å². The van der Waals surface area contributed by atoms with Crippen molar-refractivity contribution in [3.63, 3.8) is 0 Å². The van der Waals surface area contributed by atoms with Crippen LogP contribution < -0.4 is 9.08 Å². The first kappa shape index (κ1) is 24.5. The minimum absolute atomic E-state index is 0.291. The number of hydrogen-bond acceptors (Lipinski definition) is 8. The number of allylic oxidation sites excluding steroid dienone is 2. The molecular weight excluding hydrogens is 511 g/mol. The van der Waals surface area contributed by atoms with E-state index in [2.05, 4.69) is 24.8 Å². The average Bonchev–Trinajstić information content (AvgIpc) is 2.91. The van der Waals surface area contributed by atoms with Crippen LogP contribution in [0.3, 0.4) is 0 Å². The van der Waals surface area contributed by atoms with E-state index >= 15 is 0 Å². The van der Waals surface area contributed by atoms with Gasteiger partial charge in [-0.2, -0.15) is 21.6 Å². The van der Waals surface area contributed by atoms with Crippen molar-refractivity contribution in [1.29, 1.82) is 0 Å². The Morgan fingerprint density at radius 3 is 2.23 bits per heavy atom. The molecule has 1 aliphatic rings. The lowest BCUT2D eigenvalue weighted by atomic mass is 10.1. The summed E-state index contributed by atoms with van der Waals surface area (Å²) in [7, 11) is -3.95. The quantitative estimate of drug-likeness (QED) is 0.327. The molecule has 0 radical (unpaired) electrons. The van der Waals surface area contributed by atoms with Crippen molar-refractivity contribution >= 4 is 43.7 Å². The van der Waals surface area contributed by atoms with E-state index in [-0.39, 0.29) is 11.3 Å². The van der Waals surface area contributed by atoms with E-state index < -0.39 is 39.0 Å². The van der Waals surface area contributed by atoms with E-state index in [0.717, 1.165) is 25.2 Å². The van der Waals surface area contributed by atoms with Crippen LogP contribution in [-0.4, -0.2) is 40.1 Å². The molecular formula is C18H15BrF3NO7S. The summed E-state index contributed by atoms with van der Waals surface area (Å²) in [6.45, 7) is 1.48. The van der Waals surface area contributed by atoms with Crippen LogP contribution in [-0.2, 0) is 29.2 Å². The molecule has 1 aromatic rings. The number of esters is 2. The third kappa shape index (κ3) is 5.10. The molecule has 1 aromatic carbocycles. The Bertz CT molecular complexity index is 1110. The van der Waals surface area contributed by atoms with Crippen LogP contribution >= 0.6 is 15.9 Å². The van der Waals surface area contributed by atoms with Crippen LogP contribution in [0.2, 0.25) is 0 Å². The minimum Gasteiger partial charge on any atom is -0.465 e. The first-order chi connectivity index (χ1) is 14.3. The van der Waals surface area contributed by atoms with Gasteiger partial charge < -0.3 is 18.6 Å². The van der Waals surface area contributed by atoms with Gasteiger partial charge in [0.1, 0.15) is 5.70 Å². The maximum Gasteiger partial charge on any atom is 0.534 e. The Balaban J connectivity index is 2.82. The molecule has 0 saturated carbocycles. The summed E-state index contributed by atoms with van der Waals surface area (Å²) in [5, 5.41) is 0. The molecule has 0 unspecified atom stereocenters. The SMILES string of the molecule is COC(=O)C1=C(C(=O)OC)N(c2cc(Br)c(C)cc2OS(=O)(=O)C(F)(F)F)C=CC=C1. The number of ether oxygens (including phenoxy) is 2. The number of aryl methyl sites for hydroxylation is 1. The summed E-state index contributed by atoms with van der Waals surface area (Å²) in [5.41, 5.74) is -6.39. The van der Waals surface area contributed by atoms with Crippen molar-refractivity contribution in [2.45, 2.75) is 12.4 Å². The van der Waals surface area contributed by atoms with Crippen LogP contribution in [0.25, 0.3) is 0 Å². The number of alkyl halides is 3. The van der Waals surface area contributed by atoms with Gasteiger partial charge in [-0.15, -0.1) is 0 Å². The van der Waals surface area contributed by atoms with Crippen LogP contribution in [0.1, 0.15) is 5.56 Å². The van der Waals surface area contributed by atoms with Crippen molar-refractivity contribution in [2.75, 3.05) is 19.1 Å². The molecule has 8 nitrogen and oxygen atoms in total. The highest BCUT2D eigenvalue weighted by Gasteiger charge is 2.49. The molecule has 13 heteroatoms. The molecule has 0 atom stereocenters. The summed E-state index contributed by atoms with van der Waals surface area (Å²) in [5.74, 6) is -2.73. The van der Waals surface area contributed by atoms with Crippen molar-refractivity contribution in [3.8, 4) is 5.75 Å². The highest BCUT2D eigenvalue weighted by Crippen LogP contribution is 2.40. The standard InChI is InChI=1S/C18H15BrF3NO7S/c1-10-8-14(30-31(26,27)18(20,21)22)13(9-12(10)19)23-7-5-4-6-11(16(24)28-2)15(23)17(25)29-3/h4-9H,1-3H3. The second-order valence-corrected chi connectivity index (χ2v) is 8.26. The number of anilines is 1. The Labute approximate surface area is 183 Å². The highest BCUT2D eigenvalue weighted by atomic mass is 79.9. The maximum atomic E-state index is 12.9. The third-order valence-electron chi connectivity index (χ3n) is 3.87. The Morgan fingerprint density at radius 2 is 1.68 bits per heavy atom. The zero-order valence-corrected chi connectivity index (χ0v) is 18.6. The molecule has 0 saturated heterocycles. The summed E-state index contributed by atoms with van der Waals surface area (Å²) in [6, 6.07) is 2.26. The Kier molecular flexibility index (Phi) is 7.21.